The van der Waals surface area contributed by atoms with Gasteiger partial charge in [-0.2, -0.15) is 0 Å². The van der Waals surface area contributed by atoms with Crippen molar-refractivity contribution in [2.24, 2.45) is 5.90 Å². The highest BCUT2D eigenvalue weighted by Gasteiger charge is 2.10. The van der Waals surface area contributed by atoms with E-state index in [-0.39, 0.29) is 30.1 Å². The Labute approximate surface area is 81.0 Å². The van der Waals surface area contributed by atoms with Crippen molar-refractivity contribution in [3.05, 3.63) is 23.5 Å². The minimum absolute atomic E-state index is 0.150. The van der Waals surface area contributed by atoms with Crippen molar-refractivity contribution in [2.75, 3.05) is 13.7 Å². The second kappa shape index (κ2) is 4.78. The zero-order valence-electron chi connectivity index (χ0n) is 7.79. The van der Waals surface area contributed by atoms with E-state index in [1.54, 1.807) is 0 Å². The van der Waals surface area contributed by atoms with Crippen molar-refractivity contribution >= 4 is 0 Å². The third kappa shape index (κ3) is 2.34. The third-order valence-electron chi connectivity index (χ3n) is 1.85. The summed E-state index contributed by atoms with van der Waals surface area (Å²) in [5, 5.41) is 9.41. The summed E-state index contributed by atoms with van der Waals surface area (Å²) in [7, 11) is 1.40. The largest absolute Gasteiger partial charge is 0.507 e. The molecule has 0 saturated carbocycles. The van der Waals surface area contributed by atoms with Gasteiger partial charge >= 0.3 is 0 Å². The lowest BCUT2D eigenvalue weighted by molar-refractivity contribution is 0.140. The fourth-order valence-corrected chi connectivity index (χ4v) is 1.12. The first-order chi connectivity index (χ1) is 6.69. The van der Waals surface area contributed by atoms with Gasteiger partial charge < -0.3 is 14.7 Å². The SMILES string of the molecule is COc1cc(O)c(CCON)c(F)c1. The highest BCUT2D eigenvalue weighted by molar-refractivity contribution is 5.40. The van der Waals surface area contributed by atoms with Gasteiger partial charge in [-0.15, -0.1) is 0 Å². The molecule has 1 aromatic rings. The number of hydrogen-bond donors (Lipinski definition) is 2. The molecule has 0 aliphatic heterocycles. The Morgan fingerprint density at radius 3 is 2.71 bits per heavy atom. The Morgan fingerprint density at radius 1 is 1.50 bits per heavy atom. The predicted molar refractivity (Wildman–Crippen MR) is 48.5 cm³/mol. The average Bonchev–Trinajstić information content (AvgIpc) is 2.16. The molecule has 0 aliphatic carbocycles. The molecule has 0 saturated heterocycles. The van der Waals surface area contributed by atoms with Crippen molar-refractivity contribution in [1.29, 1.82) is 0 Å². The van der Waals surface area contributed by atoms with Crippen LogP contribution in [0.1, 0.15) is 5.56 Å². The molecule has 0 heterocycles. The Morgan fingerprint density at radius 2 is 2.21 bits per heavy atom. The second-order valence-corrected chi connectivity index (χ2v) is 2.73. The summed E-state index contributed by atoms with van der Waals surface area (Å²) in [4.78, 5) is 4.30. The van der Waals surface area contributed by atoms with Crippen molar-refractivity contribution in [1.82, 2.24) is 0 Å². The molecule has 5 heteroatoms. The lowest BCUT2D eigenvalue weighted by atomic mass is 10.1. The molecule has 78 valence electrons. The van der Waals surface area contributed by atoms with Crippen LogP contribution in [0.3, 0.4) is 0 Å². The minimum Gasteiger partial charge on any atom is -0.507 e. The molecule has 0 radical (unpaired) electrons. The minimum atomic E-state index is -0.529. The lowest BCUT2D eigenvalue weighted by Gasteiger charge is -2.07. The number of hydrogen-bond acceptors (Lipinski definition) is 4. The Kier molecular flexibility index (Phi) is 3.67. The van der Waals surface area contributed by atoms with E-state index in [9.17, 15) is 9.50 Å². The van der Waals surface area contributed by atoms with Crippen LogP contribution in [0.15, 0.2) is 12.1 Å². The van der Waals surface area contributed by atoms with Crippen LogP contribution in [0.25, 0.3) is 0 Å². The molecule has 0 aromatic heterocycles. The van der Waals surface area contributed by atoms with Gasteiger partial charge in [-0.05, 0) is 0 Å². The first-order valence-corrected chi connectivity index (χ1v) is 4.06. The molecule has 14 heavy (non-hydrogen) atoms. The normalized spacial score (nSPS) is 10.2. The smallest absolute Gasteiger partial charge is 0.133 e. The van der Waals surface area contributed by atoms with E-state index in [2.05, 4.69) is 4.84 Å². The number of aromatic hydroxyl groups is 1. The van der Waals surface area contributed by atoms with Gasteiger partial charge in [0.2, 0.25) is 0 Å². The topological polar surface area (TPSA) is 64.7 Å². The van der Waals surface area contributed by atoms with E-state index in [0.717, 1.165) is 0 Å². The van der Waals surface area contributed by atoms with Crippen molar-refractivity contribution in [3.63, 3.8) is 0 Å². The predicted octanol–water partition coefficient (Wildman–Crippen LogP) is 0.973. The molecule has 4 nitrogen and oxygen atoms in total. The Bertz CT molecular complexity index is 294. The molecule has 0 fully saturated rings. The van der Waals surface area contributed by atoms with E-state index in [1.807, 2.05) is 0 Å². The number of rotatable bonds is 4. The maximum absolute atomic E-state index is 13.3. The summed E-state index contributed by atoms with van der Waals surface area (Å²) < 4.78 is 18.1. The standard InChI is InChI=1S/C9H12FNO3/c1-13-6-4-8(10)7(2-3-14-11)9(12)5-6/h4-5,12H,2-3,11H2,1H3. The molecule has 0 bridgehead atoms. The molecule has 1 rings (SSSR count). The number of methoxy groups -OCH3 is 1. The summed E-state index contributed by atoms with van der Waals surface area (Å²) in [5.41, 5.74) is 0.177. The van der Waals surface area contributed by atoms with Crippen LogP contribution in [-0.2, 0) is 11.3 Å². The first-order valence-electron chi connectivity index (χ1n) is 4.06. The van der Waals surface area contributed by atoms with Crippen molar-refractivity contribution in [3.8, 4) is 11.5 Å². The van der Waals surface area contributed by atoms with Gasteiger partial charge in [0, 0.05) is 24.1 Å². The molecular formula is C9H12FNO3. The van der Waals surface area contributed by atoms with E-state index in [4.69, 9.17) is 10.6 Å². The fourth-order valence-electron chi connectivity index (χ4n) is 1.12. The molecule has 3 N–H and O–H groups in total. The summed E-state index contributed by atoms with van der Waals surface area (Å²) in [6.07, 6.45) is 0.220. The van der Waals surface area contributed by atoms with E-state index < -0.39 is 5.82 Å². The summed E-state index contributed by atoms with van der Waals surface area (Å²) in [5.74, 6) is 4.40. The molecule has 1 aromatic carbocycles. The van der Waals surface area contributed by atoms with Crippen LogP contribution in [0.2, 0.25) is 0 Å². The number of nitrogens with two attached hydrogens (primary N) is 1. The molecule has 0 atom stereocenters. The summed E-state index contributed by atoms with van der Waals surface area (Å²) in [6.45, 7) is 0.150. The molecular weight excluding hydrogens is 189 g/mol. The van der Waals surface area contributed by atoms with Gasteiger partial charge in [-0.1, -0.05) is 0 Å². The highest BCUT2D eigenvalue weighted by Crippen LogP contribution is 2.26. The Hall–Kier alpha value is -1.33. The van der Waals surface area contributed by atoms with E-state index in [1.165, 1.54) is 19.2 Å². The van der Waals surface area contributed by atoms with Crippen LogP contribution >= 0.6 is 0 Å². The van der Waals surface area contributed by atoms with Crippen LogP contribution in [0, 0.1) is 5.82 Å². The van der Waals surface area contributed by atoms with Crippen molar-refractivity contribution in [2.45, 2.75) is 6.42 Å². The highest BCUT2D eigenvalue weighted by atomic mass is 19.1. The quantitative estimate of drug-likeness (QED) is 0.712. The Balaban J connectivity index is 2.93. The van der Waals surface area contributed by atoms with Gasteiger partial charge in [0.25, 0.3) is 0 Å². The number of ether oxygens (including phenoxy) is 1. The monoisotopic (exact) mass is 201 g/mol. The average molecular weight is 201 g/mol. The lowest BCUT2D eigenvalue weighted by Crippen LogP contribution is -2.05. The molecule has 0 unspecified atom stereocenters. The summed E-state index contributed by atoms with van der Waals surface area (Å²) in [6, 6.07) is 2.54. The van der Waals surface area contributed by atoms with Crippen LogP contribution in [0.5, 0.6) is 11.5 Å². The second-order valence-electron chi connectivity index (χ2n) is 2.73. The molecule has 0 spiro atoms. The molecule has 0 aliphatic rings. The van der Waals surface area contributed by atoms with Gasteiger partial charge in [-0.3, -0.25) is 0 Å². The zero-order chi connectivity index (χ0) is 10.6. The fraction of sp³-hybridized carbons (Fsp3) is 0.333. The maximum Gasteiger partial charge on any atom is 0.133 e. The molecule has 0 amide bonds. The van der Waals surface area contributed by atoms with Gasteiger partial charge in [0.15, 0.2) is 0 Å². The van der Waals surface area contributed by atoms with E-state index >= 15 is 0 Å². The third-order valence-corrected chi connectivity index (χ3v) is 1.85. The summed E-state index contributed by atoms with van der Waals surface area (Å²) >= 11 is 0. The maximum atomic E-state index is 13.3. The van der Waals surface area contributed by atoms with Gasteiger partial charge in [0.05, 0.1) is 13.7 Å². The first kappa shape index (κ1) is 10.7. The van der Waals surface area contributed by atoms with Crippen molar-refractivity contribution < 1.29 is 19.1 Å². The number of phenols is 1. The number of phenolic OH excluding ortho intramolecular Hbond substituents is 1. The van der Waals surface area contributed by atoms with Gasteiger partial charge in [-0.25, -0.2) is 10.3 Å². The number of halogens is 1. The van der Waals surface area contributed by atoms with Gasteiger partial charge in [0.1, 0.15) is 17.3 Å². The zero-order valence-corrected chi connectivity index (χ0v) is 7.79. The van der Waals surface area contributed by atoms with Crippen LogP contribution in [0.4, 0.5) is 4.39 Å². The van der Waals surface area contributed by atoms with Crippen LogP contribution < -0.4 is 10.6 Å². The van der Waals surface area contributed by atoms with Crippen LogP contribution in [-0.4, -0.2) is 18.8 Å². The van der Waals surface area contributed by atoms with E-state index in [0.29, 0.717) is 0 Å². The number of benzene rings is 1.